The van der Waals surface area contributed by atoms with Crippen LogP contribution in [0.25, 0.3) is 0 Å². The first-order valence-corrected chi connectivity index (χ1v) is 10.8. The average Bonchev–Trinajstić information content (AvgIpc) is 3.24. The molecule has 0 radical (unpaired) electrons. The van der Waals surface area contributed by atoms with Crippen molar-refractivity contribution < 1.29 is 23.8 Å². The Hall–Kier alpha value is -3.31. The molecule has 0 bridgehead atoms. The molecule has 3 aromatic rings. The van der Waals surface area contributed by atoms with E-state index in [2.05, 4.69) is 20.8 Å². The molecule has 2 aromatic carbocycles. The van der Waals surface area contributed by atoms with Crippen molar-refractivity contribution in [2.24, 2.45) is 0 Å². The predicted octanol–water partition coefficient (Wildman–Crippen LogP) is 3.55. The topological polar surface area (TPSA) is 112 Å². The number of amides is 2. The number of methoxy groups -OCH3 is 3. The number of nitrogens with one attached hydrogen (secondary N) is 2. The second-order valence-corrected chi connectivity index (χ2v) is 8.13. The maximum Gasteiger partial charge on any atom is 0.261 e. The number of anilines is 2. The second-order valence-electron chi connectivity index (χ2n) is 5.93. The van der Waals surface area contributed by atoms with Crippen molar-refractivity contribution >= 4 is 45.7 Å². The van der Waals surface area contributed by atoms with Gasteiger partial charge in [-0.2, -0.15) is 0 Å². The zero-order valence-electron chi connectivity index (χ0n) is 17.0. The third-order valence-corrected chi connectivity index (χ3v) is 5.95. The van der Waals surface area contributed by atoms with Crippen molar-refractivity contribution in [3.8, 4) is 17.2 Å². The summed E-state index contributed by atoms with van der Waals surface area (Å²) in [6.07, 6.45) is 0. The summed E-state index contributed by atoms with van der Waals surface area (Å²) in [6.45, 7) is 0. The van der Waals surface area contributed by atoms with E-state index in [0.717, 1.165) is 0 Å². The fourth-order valence-corrected chi connectivity index (χ4v) is 4.09. The van der Waals surface area contributed by atoms with Crippen LogP contribution in [0, 0.1) is 0 Å². The average molecular weight is 461 g/mol. The van der Waals surface area contributed by atoms with Gasteiger partial charge in [-0.05, 0) is 36.4 Å². The first-order valence-electron chi connectivity index (χ1n) is 8.96. The number of thioether (sulfide) groups is 1. The summed E-state index contributed by atoms with van der Waals surface area (Å²) in [6, 6.07) is 12.1. The summed E-state index contributed by atoms with van der Waals surface area (Å²) in [4.78, 5) is 24.7. The van der Waals surface area contributed by atoms with Crippen LogP contribution >= 0.6 is 23.1 Å². The van der Waals surface area contributed by atoms with E-state index in [1.54, 1.807) is 49.6 Å². The fourth-order valence-electron chi connectivity index (χ4n) is 2.55. The first-order chi connectivity index (χ1) is 15.0. The maximum atomic E-state index is 12.6. The molecule has 0 saturated heterocycles. The van der Waals surface area contributed by atoms with Gasteiger partial charge < -0.3 is 19.5 Å². The van der Waals surface area contributed by atoms with Gasteiger partial charge in [0.05, 0.1) is 32.6 Å². The van der Waals surface area contributed by atoms with Crippen LogP contribution in [0.2, 0.25) is 0 Å². The van der Waals surface area contributed by atoms with Gasteiger partial charge in [-0.25, -0.2) is 0 Å². The lowest BCUT2D eigenvalue weighted by atomic mass is 10.1. The number of hydrogen-bond donors (Lipinski definition) is 2. The molecule has 0 unspecified atom stereocenters. The van der Waals surface area contributed by atoms with Crippen LogP contribution in [-0.2, 0) is 4.79 Å². The third-order valence-electron chi connectivity index (χ3n) is 3.98. The summed E-state index contributed by atoms with van der Waals surface area (Å²) >= 11 is 2.40. The molecule has 2 N–H and O–H groups in total. The van der Waals surface area contributed by atoms with Gasteiger partial charge in [-0.15, -0.1) is 10.2 Å². The van der Waals surface area contributed by atoms with Crippen LogP contribution in [0.5, 0.6) is 17.2 Å². The Kier molecular flexibility index (Phi) is 7.68. The van der Waals surface area contributed by atoms with E-state index in [-0.39, 0.29) is 11.7 Å². The SMILES string of the molecule is COc1ccc(NC(=O)CSc2nnc(NC(=O)c3cccc(OC)c3OC)s2)cc1. The molecular weight excluding hydrogens is 440 g/mol. The first kappa shape index (κ1) is 22.4. The molecule has 162 valence electrons. The monoisotopic (exact) mass is 460 g/mol. The minimum absolute atomic E-state index is 0.151. The lowest BCUT2D eigenvalue weighted by Gasteiger charge is -2.11. The number of rotatable bonds is 9. The minimum atomic E-state index is -0.402. The summed E-state index contributed by atoms with van der Waals surface area (Å²) in [5.74, 6) is 1.06. The van der Waals surface area contributed by atoms with E-state index < -0.39 is 5.91 Å². The number of carbonyl (C=O) groups is 2. The molecule has 0 aliphatic carbocycles. The Morgan fingerprint density at radius 3 is 2.42 bits per heavy atom. The largest absolute Gasteiger partial charge is 0.497 e. The molecule has 0 saturated carbocycles. The molecule has 0 atom stereocenters. The number of ether oxygens (including phenoxy) is 3. The number of carbonyl (C=O) groups excluding carboxylic acids is 2. The number of nitrogens with zero attached hydrogens (tertiary/aromatic N) is 2. The summed E-state index contributed by atoms with van der Waals surface area (Å²) in [5.41, 5.74) is 0.981. The molecule has 2 amide bonds. The molecule has 1 aromatic heterocycles. The fraction of sp³-hybridized carbons (Fsp3) is 0.200. The summed E-state index contributed by atoms with van der Waals surface area (Å²) < 4.78 is 16.1. The highest BCUT2D eigenvalue weighted by Gasteiger charge is 2.18. The van der Waals surface area contributed by atoms with E-state index in [4.69, 9.17) is 14.2 Å². The summed E-state index contributed by atoms with van der Waals surface area (Å²) in [5, 5.41) is 13.8. The van der Waals surface area contributed by atoms with Crippen molar-refractivity contribution in [2.45, 2.75) is 4.34 Å². The van der Waals surface area contributed by atoms with Crippen molar-refractivity contribution in [3.63, 3.8) is 0 Å². The van der Waals surface area contributed by atoms with Crippen molar-refractivity contribution in [1.82, 2.24) is 10.2 Å². The molecule has 0 spiro atoms. The quantitative estimate of drug-likeness (QED) is 0.368. The van der Waals surface area contributed by atoms with E-state index >= 15 is 0 Å². The van der Waals surface area contributed by atoms with Gasteiger partial charge in [-0.1, -0.05) is 29.2 Å². The highest BCUT2D eigenvalue weighted by atomic mass is 32.2. The molecule has 0 fully saturated rings. The van der Waals surface area contributed by atoms with Crippen LogP contribution in [0.3, 0.4) is 0 Å². The minimum Gasteiger partial charge on any atom is -0.497 e. The van der Waals surface area contributed by atoms with E-state index in [9.17, 15) is 9.59 Å². The normalized spacial score (nSPS) is 10.3. The molecule has 3 rings (SSSR count). The van der Waals surface area contributed by atoms with Gasteiger partial charge >= 0.3 is 0 Å². The van der Waals surface area contributed by atoms with Gasteiger partial charge in [0, 0.05) is 5.69 Å². The van der Waals surface area contributed by atoms with Gasteiger partial charge in [0.1, 0.15) is 5.75 Å². The predicted molar refractivity (Wildman–Crippen MR) is 120 cm³/mol. The number of benzene rings is 2. The molecular formula is C20H20N4O5S2. The summed E-state index contributed by atoms with van der Waals surface area (Å²) in [7, 11) is 4.54. The van der Waals surface area contributed by atoms with E-state index in [0.29, 0.717) is 38.0 Å². The van der Waals surface area contributed by atoms with E-state index in [1.165, 1.54) is 37.3 Å². The standard InChI is InChI=1S/C20H20N4O5S2/c1-27-13-9-7-12(8-10-13)21-16(25)11-30-20-24-23-19(31-20)22-18(26)14-5-4-6-15(28-2)17(14)29-3/h4-10H,11H2,1-3H3,(H,21,25)(H,22,23,26). The Bertz CT molecular complexity index is 1060. The Labute approximate surface area is 187 Å². The molecule has 11 heteroatoms. The second kappa shape index (κ2) is 10.6. The van der Waals surface area contributed by atoms with Gasteiger partial charge in [0.15, 0.2) is 15.8 Å². The van der Waals surface area contributed by atoms with Crippen molar-refractivity contribution in [2.75, 3.05) is 37.7 Å². The molecule has 1 heterocycles. The maximum absolute atomic E-state index is 12.6. The van der Waals surface area contributed by atoms with Crippen LogP contribution in [0.1, 0.15) is 10.4 Å². The zero-order valence-corrected chi connectivity index (χ0v) is 18.6. The molecule has 9 nitrogen and oxygen atoms in total. The zero-order chi connectivity index (χ0) is 22.2. The van der Waals surface area contributed by atoms with Crippen LogP contribution in [-0.4, -0.2) is 49.1 Å². The molecule has 31 heavy (non-hydrogen) atoms. The lowest BCUT2D eigenvalue weighted by Crippen LogP contribution is -2.13. The highest BCUT2D eigenvalue weighted by Crippen LogP contribution is 2.32. The number of para-hydroxylation sites is 1. The van der Waals surface area contributed by atoms with Crippen molar-refractivity contribution in [1.29, 1.82) is 0 Å². The highest BCUT2D eigenvalue weighted by molar-refractivity contribution is 8.01. The number of aromatic nitrogens is 2. The Morgan fingerprint density at radius 1 is 0.968 bits per heavy atom. The van der Waals surface area contributed by atoms with Crippen LogP contribution in [0.4, 0.5) is 10.8 Å². The Morgan fingerprint density at radius 2 is 1.74 bits per heavy atom. The molecule has 0 aliphatic rings. The lowest BCUT2D eigenvalue weighted by molar-refractivity contribution is -0.113. The van der Waals surface area contributed by atoms with Gasteiger partial charge in [0.2, 0.25) is 11.0 Å². The van der Waals surface area contributed by atoms with Crippen LogP contribution < -0.4 is 24.8 Å². The van der Waals surface area contributed by atoms with Gasteiger partial charge in [0.25, 0.3) is 5.91 Å². The van der Waals surface area contributed by atoms with Gasteiger partial charge in [-0.3, -0.25) is 14.9 Å². The molecule has 0 aliphatic heterocycles. The van der Waals surface area contributed by atoms with Crippen molar-refractivity contribution in [3.05, 3.63) is 48.0 Å². The number of hydrogen-bond acceptors (Lipinski definition) is 9. The third kappa shape index (κ3) is 5.86. The smallest absolute Gasteiger partial charge is 0.261 e. The van der Waals surface area contributed by atoms with E-state index in [1.807, 2.05) is 0 Å². The Balaban J connectivity index is 1.55. The van der Waals surface area contributed by atoms with Crippen LogP contribution in [0.15, 0.2) is 46.8 Å².